The van der Waals surface area contributed by atoms with Crippen molar-refractivity contribution in [1.82, 2.24) is 9.97 Å². The summed E-state index contributed by atoms with van der Waals surface area (Å²) in [5.41, 5.74) is 0. The largest absolute Gasteiger partial charge is 0.370 e. The van der Waals surface area contributed by atoms with E-state index in [1.165, 1.54) is 12.6 Å². The van der Waals surface area contributed by atoms with Crippen LogP contribution < -0.4 is 5.32 Å². The summed E-state index contributed by atoms with van der Waals surface area (Å²) in [7, 11) is -2.87. The predicted molar refractivity (Wildman–Crippen MR) is 62.5 cm³/mol. The first-order valence-corrected chi connectivity index (χ1v) is 7.22. The molecule has 15 heavy (non-hydrogen) atoms. The van der Waals surface area contributed by atoms with Crippen molar-refractivity contribution in [1.29, 1.82) is 0 Å². The van der Waals surface area contributed by atoms with Gasteiger partial charge in [-0.1, -0.05) is 0 Å². The Morgan fingerprint density at radius 1 is 1.47 bits per heavy atom. The fraction of sp³-hybridized carbons (Fsp3) is 0.500. The second kappa shape index (κ2) is 5.41. The Bertz CT molecular complexity index is 422. The molecule has 5 nitrogen and oxygen atoms in total. The molecular weight excluding hydrogens is 282 g/mol. The first kappa shape index (κ1) is 12.4. The molecule has 1 heterocycles. The average Bonchev–Trinajstić information content (AvgIpc) is 2.11. The summed E-state index contributed by atoms with van der Waals surface area (Å²) in [6.45, 7) is 0.580. The topological polar surface area (TPSA) is 72.0 Å². The van der Waals surface area contributed by atoms with E-state index in [1.54, 1.807) is 6.07 Å². The van der Waals surface area contributed by atoms with Crippen molar-refractivity contribution in [2.24, 2.45) is 0 Å². The van der Waals surface area contributed by atoms with E-state index in [9.17, 15) is 8.42 Å². The van der Waals surface area contributed by atoms with E-state index in [2.05, 4.69) is 31.2 Å². The lowest BCUT2D eigenvalue weighted by molar-refractivity contribution is 0.600. The van der Waals surface area contributed by atoms with Gasteiger partial charge in [0.2, 0.25) is 0 Å². The average molecular weight is 294 g/mol. The SMILES string of the molecule is CS(=O)(=O)CCCNc1cc(Br)ncn1. The molecule has 0 aliphatic carbocycles. The molecule has 0 saturated heterocycles. The number of rotatable bonds is 5. The molecule has 0 aromatic carbocycles. The van der Waals surface area contributed by atoms with Gasteiger partial charge in [-0.05, 0) is 22.4 Å². The molecule has 0 aliphatic rings. The highest BCUT2D eigenvalue weighted by Crippen LogP contribution is 2.09. The third-order valence-electron chi connectivity index (χ3n) is 1.63. The fourth-order valence-corrected chi connectivity index (χ4v) is 1.96. The fourth-order valence-electron chi connectivity index (χ4n) is 0.981. The number of hydrogen-bond acceptors (Lipinski definition) is 5. The maximum absolute atomic E-state index is 10.8. The van der Waals surface area contributed by atoms with E-state index >= 15 is 0 Å². The molecule has 84 valence electrons. The lowest BCUT2D eigenvalue weighted by atomic mass is 10.4. The van der Waals surface area contributed by atoms with Crippen LogP contribution >= 0.6 is 15.9 Å². The summed E-state index contributed by atoms with van der Waals surface area (Å²) < 4.78 is 22.4. The molecule has 0 fully saturated rings. The van der Waals surface area contributed by atoms with Crippen molar-refractivity contribution in [3.63, 3.8) is 0 Å². The third-order valence-corrected chi connectivity index (χ3v) is 3.10. The van der Waals surface area contributed by atoms with Crippen LogP contribution in [0.1, 0.15) is 6.42 Å². The van der Waals surface area contributed by atoms with Crippen LogP contribution in [0.5, 0.6) is 0 Å². The van der Waals surface area contributed by atoms with Gasteiger partial charge in [0.15, 0.2) is 0 Å². The highest BCUT2D eigenvalue weighted by atomic mass is 79.9. The highest BCUT2D eigenvalue weighted by molar-refractivity contribution is 9.10. The van der Waals surface area contributed by atoms with E-state index < -0.39 is 9.84 Å². The molecule has 0 bridgehead atoms. The maximum atomic E-state index is 10.8. The molecule has 7 heteroatoms. The molecule has 0 aliphatic heterocycles. The molecule has 0 spiro atoms. The normalized spacial score (nSPS) is 11.3. The Hall–Kier alpha value is -0.690. The maximum Gasteiger partial charge on any atom is 0.147 e. The van der Waals surface area contributed by atoms with E-state index in [0.717, 1.165) is 0 Å². The molecule has 0 radical (unpaired) electrons. The van der Waals surface area contributed by atoms with Crippen LogP contribution in [0, 0.1) is 0 Å². The summed E-state index contributed by atoms with van der Waals surface area (Å²) in [6, 6.07) is 1.74. The molecule has 1 rings (SSSR count). The summed E-state index contributed by atoms with van der Waals surface area (Å²) in [6.07, 6.45) is 3.23. The molecule has 0 atom stereocenters. The monoisotopic (exact) mass is 293 g/mol. The van der Waals surface area contributed by atoms with E-state index in [4.69, 9.17) is 0 Å². The predicted octanol–water partition coefficient (Wildman–Crippen LogP) is 1.09. The minimum atomic E-state index is -2.87. The Balaban J connectivity index is 2.32. The molecule has 0 saturated carbocycles. The molecule has 1 aromatic heterocycles. The molecule has 0 amide bonds. The molecule has 1 aromatic rings. The van der Waals surface area contributed by atoms with Gasteiger partial charge in [0.25, 0.3) is 0 Å². The van der Waals surface area contributed by atoms with E-state index in [0.29, 0.717) is 23.4 Å². The molecular formula is C8H12BrN3O2S. The van der Waals surface area contributed by atoms with Gasteiger partial charge in [-0.25, -0.2) is 18.4 Å². The van der Waals surface area contributed by atoms with Crippen molar-refractivity contribution in [3.8, 4) is 0 Å². The summed E-state index contributed by atoms with van der Waals surface area (Å²) in [4.78, 5) is 7.85. The zero-order valence-electron chi connectivity index (χ0n) is 8.27. The quantitative estimate of drug-likeness (QED) is 0.650. The van der Waals surface area contributed by atoms with Crippen LogP contribution in [0.25, 0.3) is 0 Å². The lowest BCUT2D eigenvalue weighted by Crippen LogP contribution is -2.10. The minimum Gasteiger partial charge on any atom is -0.370 e. The van der Waals surface area contributed by atoms with E-state index in [1.807, 2.05) is 0 Å². The van der Waals surface area contributed by atoms with Gasteiger partial charge in [-0.15, -0.1) is 0 Å². The zero-order chi connectivity index (χ0) is 11.3. The number of nitrogens with zero attached hydrogens (tertiary/aromatic N) is 2. The van der Waals surface area contributed by atoms with Gasteiger partial charge in [-0.2, -0.15) is 0 Å². The van der Waals surface area contributed by atoms with Gasteiger partial charge < -0.3 is 5.32 Å². The number of halogens is 1. The van der Waals surface area contributed by atoms with Crippen molar-refractivity contribution in [2.75, 3.05) is 23.9 Å². The van der Waals surface area contributed by atoms with Gasteiger partial charge in [0.1, 0.15) is 26.6 Å². The minimum absolute atomic E-state index is 0.187. The molecule has 0 unspecified atom stereocenters. The Morgan fingerprint density at radius 3 is 2.80 bits per heavy atom. The van der Waals surface area contributed by atoms with Crippen molar-refractivity contribution in [2.45, 2.75) is 6.42 Å². The number of aromatic nitrogens is 2. The van der Waals surface area contributed by atoms with E-state index in [-0.39, 0.29) is 5.75 Å². The van der Waals surface area contributed by atoms with Crippen molar-refractivity contribution >= 4 is 31.6 Å². The van der Waals surface area contributed by atoms with Gasteiger partial charge in [0, 0.05) is 18.9 Å². The summed E-state index contributed by atoms with van der Waals surface area (Å²) in [5, 5.41) is 3.01. The van der Waals surface area contributed by atoms with Crippen LogP contribution in [0.3, 0.4) is 0 Å². The summed E-state index contributed by atoms with van der Waals surface area (Å²) >= 11 is 3.22. The van der Waals surface area contributed by atoms with Crippen LogP contribution in [-0.4, -0.2) is 36.9 Å². The number of sulfone groups is 1. The summed E-state index contributed by atoms with van der Waals surface area (Å²) in [5.74, 6) is 0.872. The standard InChI is InChI=1S/C8H12BrN3O2S/c1-15(13,14)4-2-3-10-8-5-7(9)11-6-12-8/h5-6H,2-4H2,1H3,(H,10,11,12). The first-order chi connectivity index (χ1) is 6.97. The molecule has 1 N–H and O–H groups in total. The Kier molecular flexibility index (Phi) is 4.46. The third kappa shape index (κ3) is 5.68. The zero-order valence-corrected chi connectivity index (χ0v) is 10.7. The second-order valence-electron chi connectivity index (χ2n) is 3.14. The number of anilines is 1. The van der Waals surface area contributed by atoms with Gasteiger partial charge >= 0.3 is 0 Å². The van der Waals surface area contributed by atoms with Gasteiger partial charge in [-0.3, -0.25) is 0 Å². The smallest absolute Gasteiger partial charge is 0.147 e. The van der Waals surface area contributed by atoms with Crippen molar-refractivity contribution < 1.29 is 8.42 Å². The number of hydrogen-bond donors (Lipinski definition) is 1. The van der Waals surface area contributed by atoms with Crippen LogP contribution in [-0.2, 0) is 9.84 Å². The lowest BCUT2D eigenvalue weighted by Gasteiger charge is -2.04. The van der Waals surface area contributed by atoms with Crippen LogP contribution in [0.2, 0.25) is 0 Å². The van der Waals surface area contributed by atoms with Crippen LogP contribution in [0.15, 0.2) is 17.0 Å². The van der Waals surface area contributed by atoms with Crippen molar-refractivity contribution in [3.05, 3.63) is 17.0 Å². The Labute approximate surface area is 97.4 Å². The number of nitrogens with one attached hydrogen (secondary N) is 1. The van der Waals surface area contributed by atoms with Crippen LogP contribution in [0.4, 0.5) is 5.82 Å². The second-order valence-corrected chi connectivity index (χ2v) is 6.21. The highest BCUT2D eigenvalue weighted by Gasteiger charge is 2.01. The van der Waals surface area contributed by atoms with Gasteiger partial charge in [0.05, 0.1) is 5.75 Å². The Morgan fingerprint density at radius 2 is 2.20 bits per heavy atom. The first-order valence-electron chi connectivity index (χ1n) is 4.36.